The Morgan fingerprint density at radius 3 is 2.81 bits per heavy atom. The van der Waals surface area contributed by atoms with E-state index in [1.165, 1.54) is 0 Å². The van der Waals surface area contributed by atoms with Gasteiger partial charge in [0.1, 0.15) is 0 Å². The first-order valence-electron chi connectivity index (χ1n) is 5.49. The first kappa shape index (κ1) is 12.8. The summed E-state index contributed by atoms with van der Waals surface area (Å²) in [4.78, 5) is 4.17. The number of nitrogens with zero attached hydrogens (tertiary/aromatic N) is 1. The smallest absolute Gasteiger partial charge is 0.160 e. The fourth-order valence-corrected chi connectivity index (χ4v) is 1.33. The van der Waals surface area contributed by atoms with Crippen LogP contribution in [-0.2, 0) is 4.74 Å². The van der Waals surface area contributed by atoms with Crippen molar-refractivity contribution in [3.63, 3.8) is 0 Å². The Kier molecular flexibility index (Phi) is 5.05. The number of methoxy groups -OCH3 is 1. The van der Waals surface area contributed by atoms with Crippen molar-refractivity contribution in [1.29, 1.82) is 0 Å². The summed E-state index contributed by atoms with van der Waals surface area (Å²) >= 11 is 0. The van der Waals surface area contributed by atoms with Crippen molar-refractivity contribution in [2.45, 2.75) is 26.9 Å². The van der Waals surface area contributed by atoms with Crippen LogP contribution in [0.5, 0.6) is 5.75 Å². The molecular weight excluding hydrogens is 204 g/mol. The Morgan fingerprint density at radius 2 is 2.19 bits per heavy atom. The van der Waals surface area contributed by atoms with Crippen molar-refractivity contribution in [2.24, 2.45) is 0 Å². The monoisotopic (exact) mass is 224 g/mol. The van der Waals surface area contributed by atoms with Crippen LogP contribution in [0.1, 0.15) is 19.5 Å². The number of aryl methyl sites for hydroxylation is 1. The second-order valence-electron chi connectivity index (χ2n) is 3.87. The zero-order valence-electron chi connectivity index (χ0n) is 10.4. The summed E-state index contributed by atoms with van der Waals surface area (Å²) in [5, 5.41) is 3.27. The molecule has 0 unspecified atom stereocenters. The van der Waals surface area contributed by atoms with E-state index in [-0.39, 0.29) is 6.10 Å². The van der Waals surface area contributed by atoms with Gasteiger partial charge in [0.15, 0.2) is 5.75 Å². The molecule has 1 N–H and O–H groups in total. The second-order valence-corrected chi connectivity index (χ2v) is 3.87. The van der Waals surface area contributed by atoms with Gasteiger partial charge in [-0.15, -0.1) is 0 Å². The van der Waals surface area contributed by atoms with E-state index in [0.29, 0.717) is 6.61 Å². The van der Waals surface area contributed by atoms with E-state index < -0.39 is 0 Å². The molecule has 0 radical (unpaired) electrons. The molecule has 1 aromatic heterocycles. The number of hydrogen-bond donors (Lipinski definition) is 1. The molecule has 0 atom stereocenters. The summed E-state index contributed by atoms with van der Waals surface area (Å²) in [7, 11) is 1.64. The number of ether oxygens (including phenoxy) is 2. The second kappa shape index (κ2) is 6.33. The number of nitrogens with one attached hydrogen (secondary N) is 1. The molecule has 1 heterocycles. The van der Waals surface area contributed by atoms with Crippen LogP contribution in [0.15, 0.2) is 12.3 Å². The minimum Gasteiger partial charge on any atom is -0.493 e. The van der Waals surface area contributed by atoms with Gasteiger partial charge in [0.05, 0.1) is 31.7 Å². The van der Waals surface area contributed by atoms with Crippen molar-refractivity contribution in [3.05, 3.63) is 18.0 Å². The van der Waals surface area contributed by atoms with Gasteiger partial charge in [-0.05, 0) is 26.8 Å². The zero-order valence-corrected chi connectivity index (χ0v) is 10.4. The summed E-state index contributed by atoms with van der Waals surface area (Å²) in [6.45, 7) is 7.45. The lowest BCUT2D eigenvalue weighted by Crippen LogP contribution is -2.13. The largest absolute Gasteiger partial charge is 0.493 e. The zero-order chi connectivity index (χ0) is 12.0. The molecule has 4 nitrogen and oxygen atoms in total. The highest BCUT2D eigenvalue weighted by atomic mass is 16.5. The fourth-order valence-electron chi connectivity index (χ4n) is 1.33. The number of rotatable bonds is 6. The molecule has 0 fully saturated rings. The van der Waals surface area contributed by atoms with Crippen LogP contribution in [0.2, 0.25) is 0 Å². The fraction of sp³-hybridized carbons (Fsp3) is 0.583. The summed E-state index contributed by atoms with van der Waals surface area (Å²) in [5.41, 5.74) is 1.93. The average Bonchev–Trinajstić information content (AvgIpc) is 2.24. The lowest BCUT2D eigenvalue weighted by molar-refractivity contribution is 0.0870. The Hall–Kier alpha value is -1.29. The predicted molar refractivity (Wildman–Crippen MR) is 65.1 cm³/mol. The van der Waals surface area contributed by atoms with Crippen molar-refractivity contribution in [1.82, 2.24) is 4.98 Å². The van der Waals surface area contributed by atoms with Gasteiger partial charge >= 0.3 is 0 Å². The molecule has 0 amide bonds. The third-order valence-electron chi connectivity index (χ3n) is 2.09. The van der Waals surface area contributed by atoms with E-state index in [1.807, 2.05) is 26.8 Å². The topological polar surface area (TPSA) is 43.4 Å². The molecule has 1 aromatic rings. The molecule has 0 spiro atoms. The van der Waals surface area contributed by atoms with Crippen LogP contribution in [0.25, 0.3) is 0 Å². The normalized spacial score (nSPS) is 10.6. The Balaban J connectivity index is 2.48. The minimum absolute atomic E-state index is 0.267. The Morgan fingerprint density at radius 1 is 1.44 bits per heavy atom. The minimum atomic E-state index is 0.267. The molecular formula is C12H20N2O2. The lowest BCUT2D eigenvalue weighted by atomic mass is 10.3. The van der Waals surface area contributed by atoms with E-state index in [1.54, 1.807) is 13.3 Å². The molecule has 0 bridgehead atoms. The van der Waals surface area contributed by atoms with E-state index in [0.717, 1.165) is 23.7 Å². The quantitative estimate of drug-likeness (QED) is 0.752. The molecule has 0 aromatic carbocycles. The number of pyridine rings is 1. The highest BCUT2D eigenvalue weighted by Crippen LogP contribution is 2.22. The molecule has 0 aliphatic heterocycles. The van der Waals surface area contributed by atoms with Crippen LogP contribution < -0.4 is 10.1 Å². The first-order chi connectivity index (χ1) is 7.63. The number of anilines is 1. The SMILES string of the molecule is COc1cnc(C)cc1NCCOC(C)C. The number of hydrogen-bond acceptors (Lipinski definition) is 4. The third kappa shape index (κ3) is 4.06. The molecule has 0 aliphatic carbocycles. The van der Waals surface area contributed by atoms with Crippen LogP contribution in [0.4, 0.5) is 5.69 Å². The first-order valence-corrected chi connectivity index (χ1v) is 5.49. The van der Waals surface area contributed by atoms with E-state index in [9.17, 15) is 0 Å². The van der Waals surface area contributed by atoms with Gasteiger partial charge in [0.2, 0.25) is 0 Å². The summed E-state index contributed by atoms with van der Waals surface area (Å²) in [6.07, 6.45) is 1.99. The van der Waals surface area contributed by atoms with Crippen molar-refractivity contribution in [3.8, 4) is 5.75 Å². The summed E-state index contributed by atoms with van der Waals surface area (Å²) in [6, 6.07) is 1.97. The van der Waals surface area contributed by atoms with Crippen LogP contribution in [0.3, 0.4) is 0 Å². The lowest BCUT2D eigenvalue weighted by Gasteiger charge is -2.12. The maximum Gasteiger partial charge on any atom is 0.160 e. The van der Waals surface area contributed by atoms with Crippen molar-refractivity contribution < 1.29 is 9.47 Å². The molecule has 1 rings (SSSR count). The predicted octanol–water partition coefficient (Wildman–Crippen LogP) is 2.24. The third-order valence-corrected chi connectivity index (χ3v) is 2.09. The highest BCUT2D eigenvalue weighted by molar-refractivity contribution is 5.55. The molecule has 4 heteroatoms. The molecule has 0 aliphatic rings. The van der Waals surface area contributed by atoms with Gasteiger partial charge in [0, 0.05) is 12.2 Å². The maximum atomic E-state index is 5.45. The van der Waals surface area contributed by atoms with Gasteiger partial charge in [-0.3, -0.25) is 4.98 Å². The molecule has 90 valence electrons. The van der Waals surface area contributed by atoms with Gasteiger partial charge in [-0.1, -0.05) is 0 Å². The maximum absolute atomic E-state index is 5.45. The van der Waals surface area contributed by atoms with Crippen molar-refractivity contribution >= 4 is 5.69 Å². The van der Waals surface area contributed by atoms with Crippen LogP contribution in [0, 0.1) is 6.92 Å². The summed E-state index contributed by atoms with van der Waals surface area (Å²) in [5.74, 6) is 0.759. The molecule has 0 saturated carbocycles. The summed E-state index contributed by atoms with van der Waals surface area (Å²) < 4.78 is 10.7. The standard InChI is InChI=1S/C12H20N2O2/c1-9(2)16-6-5-13-11-7-10(3)14-8-12(11)15-4/h7-9H,5-6H2,1-4H3,(H,13,14). The van der Waals surface area contributed by atoms with E-state index in [4.69, 9.17) is 9.47 Å². The van der Waals surface area contributed by atoms with E-state index >= 15 is 0 Å². The Labute approximate surface area is 97.0 Å². The van der Waals surface area contributed by atoms with Crippen molar-refractivity contribution in [2.75, 3.05) is 25.6 Å². The molecule has 0 saturated heterocycles. The Bertz CT molecular complexity index is 327. The van der Waals surface area contributed by atoms with Crippen LogP contribution >= 0.6 is 0 Å². The average molecular weight is 224 g/mol. The number of aromatic nitrogens is 1. The van der Waals surface area contributed by atoms with Crippen LogP contribution in [-0.4, -0.2) is 31.3 Å². The van der Waals surface area contributed by atoms with Gasteiger partial charge in [-0.25, -0.2) is 0 Å². The van der Waals surface area contributed by atoms with Gasteiger partial charge < -0.3 is 14.8 Å². The van der Waals surface area contributed by atoms with E-state index in [2.05, 4.69) is 10.3 Å². The highest BCUT2D eigenvalue weighted by Gasteiger charge is 2.03. The molecule has 16 heavy (non-hydrogen) atoms. The van der Waals surface area contributed by atoms with Gasteiger partial charge in [-0.2, -0.15) is 0 Å². The van der Waals surface area contributed by atoms with Gasteiger partial charge in [0.25, 0.3) is 0 Å².